The molecule has 11 heteroatoms. The molecule has 4 heterocycles. The summed E-state index contributed by atoms with van der Waals surface area (Å²) in [7, 11) is 1.87. The van der Waals surface area contributed by atoms with Gasteiger partial charge in [0.05, 0.1) is 34.6 Å². The Morgan fingerprint density at radius 3 is 2.53 bits per heavy atom. The number of rotatable bonds is 9. The molecular weight excluding hydrogens is 569 g/mol. The molecule has 3 aromatic carbocycles. The SMILES string of the molecule is CNCCNc1cc(F)cc(-c2cncc3[nH]c(-c4n[nH]c5ccc(-c6cncc(NC(=O)c7ccccc7)c6)cc45)nc23)c1. The summed E-state index contributed by atoms with van der Waals surface area (Å²) in [5, 5.41) is 17.7. The molecule has 222 valence electrons. The van der Waals surface area contributed by atoms with Gasteiger partial charge in [-0.15, -0.1) is 0 Å². The van der Waals surface area contributed by atoms with Crippen molar-refractivity contribution < 1.29 is 9.18 Å². The van der Waals surface area contributed by atoms with Crippen molar-refractivity contribution in [3.05, 3.63) is 109 Å². The van der Waals surface area contributed by atoms with Crippen LogP contribution in [0.15, 0.2) is 97.6 Å². The minimum Gasteiger partial charge on any atom is -0.384 e. The summed E-state index contributed by atoms with van der Waals surface area (Å²) < 4.78 is 14.6. The van der Waals surface area contributed by atoms with E-state index in [0.29, 0.717) is 57.2 Å². The van der Waals surface area contributed by atoms with Crippen LogP contribution in [0.5, 0.6) is 0 Å². The molecule has 0 spiro atoms. The van der Waals surface area contributed by atoms with Gasteiger partial charge in [0, 0.05) is 53.2 Å². The maximum absolute atomic E-state index is 14.6. The number of pyridine rings is 2. The zero-order chi connectivity index (χ0) is 30.8. The number of H-pyrrole nitrogens is 2. The quantitative estimate of drug-likeness (QED) is 0.124. The fraction of sp³-hybridized carbons (Fsp3) is 0.0882. The zero-order valence-corrected chi connectivity index (χ0v) is 24.2. The maximum atomic E-state index is 14.6. The molecular formula is C34H28FN9O. The number of fused-ring (bicyclic) bond motifs is 2. The molecule has 45 heavy (non-hydrogen) atoms. The van der Waals surface area contributed by atoms with Crippen molar-refractivity contribution in [1.82, 2.24) is 35.5 Å². The number of benzene rings is 3. The van der Waals surface area contributed by atoms with Crippen molar-refractivity contribution in [1.29, 1.82) is 0 Å². The molecule has 0 atom stereocenters. The van der Waals surface area contributed by atoms with E-state index in [0.717, 1.165) is 28.6 Å². The predicted octanol–water partition coefficient (Wildman–Crippen LogP) is 6.25. The summed E-state index contributed by atoms with van der Waals surface area (Å²) >= 11 is 0. The summed E-state index contributed by atoms with van der Waals surface area (Å²) in [4.78, 5) is 29.7. The van der Waals surface area contributed by atoms with Crippen molar-refractivity contribution in [2.45, 2.75) is 0 Å². The Hall–Kier alpha value is -5.94. The van der Waals surface area contributed by atoms with Crippen LogP contribution in [0.2, 0.25) is 0 Å². The zero-order valence-electron chi connectivity index (χ0n) is 24.2. The van der Waals surface area contributed by atoms with Crippen LogP contribution in [0.3, 0.4) is 0 Å². The van der Waals surface area contributed by atoms with Crippen LogP contribution >= 0.6 is 0 Å². The number of amides is 1. The molecule has 1 amide bonds. The Labute approximate surface area is 257 Å². The Morgan fingerprint density at radius 1 is 0.822 bits per heavy atom. The van der Waals surface area contributed by atoms with E-state index < -0.39 is 0 Å². The summed E-state index contributed by atoms with van der Waals surface area (Å²) in [6.45, 7) is 1.41. The van der Waals surface area contributed by atoms with Gasteiger partial charge in [-0.2, -0.15) is 5.10 Å². The lowest BCUT2D eigenvalue weighted by Gasteiger charge is -2.09. The number of nitrogens with one attached hydrogen (secondary N) is 5. The summed E-state index contributed by atoms with van der Waals surface area (Å²) in [5.41, 5.74) is 7.74. The molecule has 0 bridgehead atoms. The van der Waals surface area contributed by atoms with E-state index in [1.165, 1.54) is 12.1 Å². The number of likely N-dealkylation sites (N-methyl/N-ethyl adjacent to an activating group) is 1. The third-order valence-electron chi connectivity index (χ3n) is 7.46. The van der Waals surface area contributed by atoms with Crippen molar-refractivity contribution in [2.75, 3.05) is 30.8 Å². The first-order chi connectivity index (χ1) is 22.1. The lowest BCUT2D eigenvalue weighted by Crippen LogP contribution is -2.17. The highest BCUT2D eigenvalue weighted by Crippen LogP contribution is 2.34. The van der Waals surface area contributed by atoms with Crippen LogP contribution < -0.4 is 16.0 Å². The highest BCUT2D eigenvalue weighted by Gasteiger charge is 2.17. The molecule has 4 aromatic heterocycles. The van der Waals surface area contributed by atoms with Crippen LogP contribution in [0, 0.1) is 5.82 Å². The number of anilines is 2. The van der Waals surface area contributed by atoms with Crippen LogP contribution in [-0.4, -0.2) is 56.2 Å². The van der Waals surface area contributed by atoms with E-state index in [-0.39, 0.29) is 11.7 Å². The van der Waals surface area contributed by atoms with Crippen LogP contribution in [-0.2, 0) is 0 Å². The lowest BCUT2D eigenvalue weighted by atomic mass is 10.0. The number of carbonyl (C=O) groups is 1. The molecule has 0 unspecified atom stereocenters. The second kappa shape index (κ2) is 12.0. The van der Waals surface area contributed by atoms with Gasteiger partial charge in [-0.25, -0.2) is 9.37 Å². The second-order valence-electron chi connectivity index (χ2n) is 10.5. The smallest absolute Gasteiger partial charge is 0.255 e. The third-order valence-corrected chi connectivity index (χ3v) is 7.46. The van der Waals surface area contributed by atoms with Gasteiger partial charge in [-0.05, 0) is 66.7 Å². The van der Waals surface area contributed by atoms with E-state index in [9.17, 15) is 9.18 Å². The van der Waals surface area contributed by atoms with Crippen LogP contribution in [0.25, 0.3) is 55.7 Å². The first-order valence-corrected chi connectivity index (χ1v) is 14.4. The van der Waals surface area contributed by atoms with E-state index in [2.05, 4.69) is 41.1 Å². The number of nitrogens with zero attached hydrogens (tertiary/aromatic N) is 4. The number of hydrogen-bond donors (Lipinski definition) is 5. The number of aromatic amines is 2. The van der Waals surface area contributed by atoms with Gasteiger partial charge < -0.3 is 20.9 Å². The molecule has 0 fully saturated rings. The second-order valence-corrected chi connectivity index (χ2v) is 10.5. The fourth-order valence-electron chi connectivity index (χ4n) is 5.27. The number of imidazole rings is 1. The van der Waals surface area contributed by atoms with Crippen LogP contribution in [0.4, 0.5) is 15.8 Å². The standard InChI is InChI=1S/C34H28FN9O/c1-36-9-10-39-25-12-22(11-24(35)15-25)28-18-38-19-30-31(28)42-33(41-30)32-27-14-21(7-8-29(27)43-44-32)23-13-26(17-37-16-23)40-34(45)20-5-3-2-4-6-20/h2-8,11-19,36,39H,9-10H2,1H3,(H,40,45)(H,41,42)(H,43,44). The third kappa shape index (κ3) is 5.71. The van der Waals surface area contributed by atoms with Gasteiger partial charge in [-0.3, -0.25) is 19.9 Å². The normalized spacial score (nSPS) is 11.2. The van der Waals surface area contributed by atoms with Crippen LogP contribution in [0.1, 0.15) is 10.4 Å². The Kier molecular flexibility index (Phi) is 7.42. The molecule has 0 radical (unpaired) electrons. The van der Waals surface area contributed by atoms with Gasteiger partial charge in [0.2, 0.25) is 0 Å². The van der Waals surface area contributed by atoms with Crippen molar-refractivity contribution in [3.63, 3.8) is 0 Å². The minimum atomic E-state index is -0.351. The summed E-state index contributed by atoms with van der Waals surface area (Å²) in [5.74, 6) is -0.00922. The van der Waals surface area contributed by atoms with Gasteiger partial charge in [0.15, 0.2) is 5.82 Å². The van der Waals surface area contributed by atoms with E-state index in [4.69, 9.17) is 4.98 Å². The van der Waals surface area contributed by atoms with E-state index in [1.807, 2.05) is 55.6 Å². The molecule has 0 saturated heterocycles. The lowest BCUT2D eigenvalue weighted by molar-refractivity contribution is 0.102. The van der Waals surface area contributed by atoms with E-state index in [1.54, 1.807) is 36.9 Å². The molecule has 0 aliphatic carbocycles. The van der Waals surface area contributed by atoms with E-state index >= 15 is 0 Å². The molecule has 0 saturated carbocycles. The molecule has 0 aliphatic heterocycles. The number of carbonyl (C=O) groups excluding carboxylic acids is 1. The topological polar surface area (TPSA) is 136 Å². The van der Waals surface area contributed by atoms with Crippen molar-refractivity contribution >= 4 is 39.2 Å². The molecule has 10 nitrogen and oxygen atoms in total. The summed E-state index contributed by atoms with van der Waals surface area (Å²) in [6, 6.07) is 21.7. The van der Waals surface area contributed by atoms with Gasteiger partial charge in [-0.1, -0.05) is 24.3 Å². The Balaban J connectivity index is 1.22. The average molecular weight is 598 g/mol. The van der Waals surface area contributed by atoms with Crippen molar-refractivity contribution in [3.8, 4) is 33.8 Å². The number of halogens is 1. The minimum absolute atomic E-state index is 0.208. The number of aromatic nitrogens is 6. The Morgan fingerprint density at radius 2 is 1.67 bits per heavy atom. The van der Waals surface area contributed by atoms with Gasteiger partial charge in [0.1, 0.15) is 11.5 Å². The monoisotopic (exact) mass is 597 g/mol. The predicted molar refractivity (Wildman–Crippen MR) is 174 cm³/mol. The first kappa shape index (κ1) is 27.9. The highest BCUT2D eigenvalue weighted by atomic mass is 19.1. The number of hydrogen-bond acceptors (Lipinski definition) is 7. The fourth-order valence-corrected chi connectivity index (χ4v) is 5.27. The molecule has 7 rings (SSSR count). The maximum Gasteiger partial charge on any atom is 0.255 e. The van der Waals surface area contributed by atoms with Gasteiger partial charge in [0.25, 0.3) is 5.91 Å². The van der Waals surface area contributed by atoms with Gasteiger partial charge >= 0.3 is 0 Å². The van der Waals surface area contributed by atoms with Crippen molar-refractivity contribution in [2.24, 2.45) is 0 Å². The largest absolute Gasteiger partial charge is 0.384 e. The average Bonchev–Trinajstić information content (AvgIpc) is 3.69. The highest BCUT2D eigenvalue weighted by molar-refractivity contribution is 6.04. The summed E-state index contributed by atoms with van der Waals surface area (Å²) in [6.07, 6.45) is 6.75. The first-order valence-electron chi connectivity index (χ1n) is 14.4. The molecule has 5 N–H and O–H groups in total. The Bertz CT molecular complexity index is 2160. The molecule has 0 aliphatic rings. The molecule has 7 aromatic rings.